The number of hydrogen-bond donors (Lipinski definition) is 0. The van der Waals surface area contributed by atoms with E-state index in [0.29, 0.717) is 17.3 Å². The van der Waals surface area contributed by atoms with E-state index in [9.17, 15) is 4.79 Å². The molecule has 0 atom stereocenters. The van der Waals surface area contributed by atoms with Crippen LogP contribution in [0, 0.1) is 0 Å². The standard InChI is InChI=1S/C20H20ClN3OS/c1-23(13-16-3-7-18(21)8-4-16)20(25)15-26-14-17-5-9-19(10-6-17)24-12-2-11-22-24/h2-12H,13-15H2,1H3. The van der Waals surface area contributed by atoms with Crippen LogP contribution >= 0.6 is 23.4 Å². The molecule has 0 unspecified atom stereocenters. The SMILES string of the molecule is CN(Cc1ccc(Cl)cc1)C(=O)CSCc1ccc(-n2cccn2)cc1. The van der Waals surface area contributed by atoms with Crippen LogP contribution in [0.5, 0.6) is 0 Å². The fourth-order valence-corrected chi connectivity index (χ4v) is 3.54. The van der Waals surface area contributed by atoms with Crippen molar-refractivity contribution >= 4 is 29.3 Å². The zero-order valence-corrected chi connectivity index (χ0v) is 16.1. The second-order valence-electron chi connectivity index (χ2n) is 5.99. The van der Waals surface area contributed by atoms with Crippen LogP contribution in [0.1, 0.15) is 11.1 Å². The largest absolute Gasteiger partial charge is 0.341 e. The van der Waals surface area contributed by atoms with Gasteiger partial charge in [0.05, 0.1) is 11.4 Å². The summed E-state index contributed by atoms with van der Waals surface area (Å²) in [6.45, 7) is 0.592. The molecular formula is C20H20ClN3OS. The molecule has 0 fully saturated rings. The highest BCUT2D eigenvalue weighted by Crippen LogP contribution is 2.16. The average molecular weight is 386 g/mol. The number of amides is 1. The lowest BCUT2D eigenvalue weighted by molar-refractivity contribution is -0.127. The summed E-state index contributed by atoms with van der Waals surface area (Å²) in [7, 11) is 1.83. The summed E-state index contributed by atoms with van der Waals surface area (Å²) in [5.74, 6) is 1.39. The van der Waals surface area contributed by atoms with Crippen LogP contribution in [0.25, 0.3) is 5.69 Å². The Morgan fingerprint density at radius 1 is 1.12 bits per heavy atom. The van der Waals surface area contributed by atoms with Crippen LogP contribution in [0.2, 0.25) is 5.02 Å². The first kappa shape index (κ1) is 18.5. The predicted molar refractivity (Wildman–Crippen MR) is 108 cm³/mol. The van der Waals surface area contributed by atoms with Crippen molar-refractivity contribution in [3.05, 3.63) is 83.1 Å². The molecule has 0 saturated carbocycles. The Hall–Kier alpha value is -2.24. The Morgan fingerprint density at radius 2 is 1.81 bits per heavy atom. The maximum absolute atomic E-state index is 12.3. The zero-order chi connectivity index (χ0) is 18.4. The van der Waals surface area contributed by atoms with Crippen LogP contribution < -0.4 is 0 Å². The second kappa shape index (κ2) is 8.92. The van der Waals surface area contributed by atoms with Crippen molar-refractivity contribution in [2.24, 2.45) is 0 Å². The minimum atomic E-state index is 0.123. The van der Waals surface area contributed by atoms with Gasteiger partial charge in [-0.15, -0.1) is 11.8 Å². The molecule has 0 spiro atoms. The van der Waals surface area contributed by atoms with Crippen molar-refractivity contribution in [1.82, 2.24) is 14.7 Å². The second-order valence-corrected chi connectivity index (χ2v) is 7.41. The van der Waals surface area contributed by atoms with Crippen molar-refractivity contribution < 1.29 is 4.79 Å². The van der Waals surface area contributed by atoms with Crippen LogP contribution in [-0.2, 0) is 17.1 Å². The van der Waals surface area contributed by atoms with Gasteiger partial charge in [-0.3, -0.25) is 4.79 Å². The summed E-state index contributed by atoms with van der Waals surface area (Å²) in [5.41, 5.74) is 3.30. The van der Waals surface area contributed by atoms with E-state index in [0.717, 1.165) is 17.0 Å². The molecule has 1 heterocycles. The van der Waals surface area contributed by atoms with E-state index in [1.54, 1.807) is 22.9 Å². The Morgan fingerprint density at radius 3 is 2.46 bits per heavy atom. The van der Waals surface area contributed by atoms with Crippen molar-refractivity contribution in [1.29, 1.82) is 0 Å². The fraction of sp³-hybridized carbons (Fsp3) is 0.200. The molecule has 0 radical (unpaired) electrons. The van der Waals surface area contributed by atoms with Gasteiger partial charge in [-0.05, 0) is 41.5 Å². The number of hydrogen-bond acceptors (Lipinski definition) is 3. The molecule has 4 nitrogen and oxygen atoms in total. The molecule has 0 saturated heterocycles. The zero-order valence-electron chi connectivity index (χ0n) is 14.5. The van der Waals surface area contributed by atoms with Crippen molar-refractivity contribution in [3.63, 3.8) is 0 Å². The van der Waals surface area contributed by atoms with Gasteiger partial charge in [0, 0.05) is 36.8 Å². The lowest BCUT2D eigenvalue weighted by Crippen LogP contribution is -2.27. The summed E-state index contributed by atoms with van der Waals surface area (Å²) >= 11 is 7.51. The van der Waals surface area contributed by atoms with Crippen molar-refractivity contribution in [3.8, 4) is 5.69 Å². The number of nitrogens with zero attached hydrogens (tertiary/aromatic N) is 3. The Labute approximate surface area is 162 Å². The van der Waals surface area contributed by atoms with Gasteiger partial charge in [-0.1, -0.05) is 35.9 Å². The third kappa shape index (κ3) is 5.13. The first-order valence-corrected chi connectivity index (χ1v) is 9.80. The third-order valence-electron chi connectivity index (χ3n) is 3.96. The van der Waals surface area contributed by atoms with E-state index < -0.39 is 0 Å². The maximum atomic E-state index is 12.3. The minimum Gasteiger partial charge on any atom is -0.341 e. The van der Waals surface area contributed by atoms with Crippen molar-refractivity contribution in [2.45, 2.75) is 12.3 Å². The smallest absolute Gasteiger partial charge is 0.232 e. The van der Waals surface area contributed by atoms with Gasteiger partial charge in [0.2, 0.25) is 5.91 Å². The Kier molecular flexibility index (Phi) is 6.36. The monoisotopic (exact) mass is 385 g/mol. The van der Waals surface area contributed by atoms with Crippen LogP contribution in [0.3, 0.4) is 0 Å². The van der Waals surface area contributed by atoms with E-state index in [1.165, 1.54) is 5.56 Å². The van der Waals surface area contributed by atoms with Gasteiger partial charge in [0.25, 0.3) is 0 Å². The molecule has 1 amide bonds. The van der Waals surface area contributed by atoms with E-state index in [-0.39, 0.29) is 5.91 Å². The third-order valence-corrected chi connectivity index (χ3v) is 5.20. The first-order chi connectivity index (χ1) is 12.6. The molecule has 3 rings (SSSR count). The molecule has 3 aromatic rings. The van der Waals surface area contributed by atoms with E-state index >= 15 is 0 Å². The van der Waals surface area contributed by atoms with Gasteiger partial charge >= 0.3 is 0 Å². The minimum absolute atomic E-state index is 0.123. The Balaban J connectivity index is 1.45. The fourth-order valence-electron chi connectivity index (χ4n) is 2.48. The number of rotatable bonds is 7. The van der Waals surface area contributed by atoms with Crippen LogP contribution in [0.15, 0.2) is 67.0 Å². The molecule has 134 valence electrons. The number of halogens is 1. The number of carbonyl (C=O) groups excluding carboxylic acids is 1. The molecule has 0 bridgehead atoms. The molecule has 2 aromatic carbocycles. The molecule has 26 heavy (non-hydrogen) atoms. The van der Waals surface area contributed by atoms with Gasteiger partial charge < -0.3 is 4.90 Å². The summed E-state index contributed by atoms with van der Waals surface area (Å²) in [5, 5.41) is 4.92. The van der Waals surface area contributed by atoms with Crippen molar-refractivity contribution in [2.75, 3.05) is 12.8 Å². The maximum Gasteiger partial charge on any atom is 0.232 e. The molecule has 0 aliphatic heterocycles. The quantitative estimate of drug-likeness (QED) is 0.604. The average Bonchev–Trinajstić information content (AvgIpc) is 3.19. The summed E-state index contributed by atoms with van der Waals surface area (Å²) < 4.78 is 1.83. The van der Waals surface area contributed by atoms with E-state index in [1.807, 2.05) is 60.4 Å². The summed E-state index contributed by atoms with van der Waals surface area (Å²) in [6, 6.07) is 17.7. The van der Waals surface area contributed by atoms with Crippen LogP contribution in [-0.4, -0.2) is 33.4 Å². The normalized spacial score (nSPS) is 10.7. The van der Waals surface area contributed by atoms with Gasteiger partial charge in [0.1, 0.15) is 0 Å². The molecule has 0 N–H and O–H groups in total. The topological polar surface area (TPSA) is 38.1 Å². The lowest BCUT2D eigenvalue weighted by atomic mass is 10.2. The number of aromatic nitrogens is 2. The number of carbonyl (C=O) groups is 1. The molecule has 0 aliphatic rings. The lowest BCUT2D eigenvalue weighted by Gasteiger charge is -2.17. The highest BCUT2D eigenvalue weighted by Gasteiger charge is 2.09. The van der Waals surface area contributed by atoms with Gasteiger partial charge in [-0.25, -0.2) is 4.68 Å². The molecule has 6 heteroatoms. The molecular weight excluding hydrogens is 366 g/mol. The highest BCUT2D eigenvalue weighted by molar-refractivity contribution is 7.99. The Bertz CT molecular complexity index is 833. The van der Waals surface area contributed by atoms with E-state index in [4.69, 9.17) is 11.6 Å². The van der Waals surface area contributed by atoms with Gasteiger partial charge in [-0.2, -0.15) is 5.10 Å². The first-order valence-electron chi connectivity index (χ1n) is 8.27. The summed E-state index contributed by atoms with van der Waals surface area (Å²) in [6.07, 6.45) is 3.68. The van der Waals surface area contributed by atoms with Gasteiger partial charge in [0.15, 0.2) is 0 Å². The predicted octanol–water partition coefficient (Wildman–Crippen LogP) is 4.42. The number of benzene rings is 2. The number of thioether (sulfide) groups is 1. The molecule has 1 aromatic heterocycles. The highest BCUT2D eigenvalue weighted by atomic mass is 35.5. The molecule has 0 aliphatic carbocycles. The van der Waals surface area contributed by atoms with E-state index in [2.05, 4.69) is 17.2 Å². The van der Waals surface area contributed by atoms with Crippen LogP contribution in [0.4, 0.5) is 0 Å². The summed E-state index contributed by atoms with van der Waals surface area (Å²) in [4.78, 5) is 14.0.